The molecule has 6 heteroatoms. The van der Waals surface area contributed by atoms with Crippen molar-refractivity contribution in [2.24, 2.45) is 27.0 Å². The molecule has 5 rings (SSSR count). The molecule has 1 amide bonds. The number of nitrogens with zero attached hydrogens (tertiary/aromatic N) is 2. The van der Waals surface area contributed by atoms with E-state index in [4.69, 9.17) is 4.42 Å². The number of rotatable bonds is 3. The van der Waals surface area contributed by atoms with E-state index in [1.807, 2.05) is 42.5 Å². The third-order valence-corrected chi connectivity index (χ3v) is 8.28. The minimum absolute atomic E-state index is 0.107. The summed E-state index contributed by atoms with van der Waals surface area (Å²) in [4.78, 5) is 12.9. The normalized spacial score (nSPS) is 31.2. The van der Waals surface area contributed by atoms with Crippen molar-refractivity contribution in [2.75, 3.05) is 0 Å². The maximum atomic E-state index is 12.4. The third kappa shape index (κ3) is 3.05. The van der Waals surface area contributed by atoms with Crippen molar-refractivity contribution in [3.05, 3.63) is 53.1 Å². The Balaban J connectivity index is 1.34. The lowest BCUT2D eigenvalue weighted by molar-refractivity contribution is -0.115. The molecule has 1 aliphatic heterocycles. The van der Waals surface area contributed by atoms with Gasteiger partial charge < -0.3 is 4.42 Å². The summed E-state index contributed by atoms with van der Waals surface area (Å²) in [6, 6.07) is 13.7. The lowest BCUT2D eigenvalue weighted by Crippen LogP contribution is -2.32. The van der Waals surface area contributed by atoms with Gasteiger partial charge in [-0.1, -0.05) is 51.1 Å². The molecule has 3 fully saturated rings. The maximum absolute atomic E-state index is 12.4. The van der Waals surface area contributed by atoms with E-state index >= 15 is 0 Å². The van der Waals surface area contributed by atoms with Crippen molar-refractivity contribution in [3.8, 4) is 11.3 Å². The highest BCUT2D eigenvalue weighted by Crippen LogP contribution is 2.64. The summed E-state index contributed by atoms with van der Waals surface area (Å²) in [5.41, 5.74) is 2.54. The summed E-state index contributed by atoms with van der Waals surface area (Å²) in [6.45, 7) is 7.01. The van der Waals surface area contributed by atoms with E-state index in [1.54, 1.807) is 6.08 Å². The number of amidine groups is 1. The zero-order valence-electron chi connectivity index (χ0n) is 17.4. The van der Waals surface area contributed by atoms with Crippen LogP contribution in [0.1, 0.15) is 45.8 Å². The molecule has 2 heterocycles. The minimum atomic E-state index is -0.170. The van der Waals surface area contributed by atoms with Crippen LogP contribution in [0.5, 0.6) is 0 Å². The first-order chi connectivity index (χ1) is 14.4. The molecule has 2 bridgehead atoms. The molecule has 2 aliphatic carbocycles. The van der Waals surface area contributed by atoms with E-state index in [9.17, 15) is 4.79 Å². The van der Waals surface area contributed by atoms with Gasteiger partial charge in [-0.15, -0.1) is 5.10 Å². The van der Waals surface area contributed by atoms with Crippen LogP contribution < -0.4 is 5.32 Å². The van der Waals surface area contributed by atoms with Crippen LogP contribution >= 0.6 is 11.8 Å². The Morgan fingerprint density at radius 3 is 2.63 bits per heavy atom. The Bertz CT molecular complexity index is 1100. The molecular formula is C24H25N3O2S. The topological polar surface area (TPSA) is 67.0 Å². The molecule has 154 valence electrons. The van der Waals surface area contributed by atoms with Gasteiger partial charge in [0, 0.05) is 22.8 Å². The van der Waals surface area contributed by atoms with Crippen LogP contribution in [0, 0.1) is 16.7 Å². The zero-order valence-corrected chi connectivity index (χ0v) is 18.3. The second kappa shape index (κ2) is 6.98. The highest BCUT2D eigenvalue weighted by molar-refractivity contribution is 8.18. The number of hydrogen-bond acceptors (Lipinski definition) is 5. The third-order valence-electron chi connectivity index (χ3n) is 7.38. The van der Waals surface area contributed by atoms with Crippen LogP contribution in [0.2, 0.25) is 0 Å². The predicted molar refractivity (Wildman–Crippen MR) is 122 cm³/mol. The lowest BCUT2D eigenvalue weighted by Gasteiger charge is -2.34. The Labute approximate surface area is 180 Å². The molecule has 1 saturated heterocycles. The molecule has 1 aromatic carbocycles. The number of benzene rings is 1. The first-order valence-electron chi connectivity index (χ1n) is 10.4. The Hall–Kier alpha value is -2.60. The summed E-state index contributed by atoms with van der Waals surface area (Å²) in [5, 5.41) is 12.3. The minimum Gasteiger partial charge on any atom is -0.457 e. The summed E-state index contributed by atoms with van der Waals surface area (Å²) in [7, 11) is 0. The molecule has 3 aliphatic rings. The Morgan fingerprint density at radius 2 is 1.93 bits per heavy atom. The highest BCUT2D eigenvalue weighted by Gasteiger charge is 2.60. The number of thioether (sulfide) groups is 1. The summed E-state index contributed by atoms with van der Waals surface area (Å²) in [5.74, 6) is 1.93. The number of amides is 1. The fourth-order valence-electron chi connectivity index (χ4n) is 4.98. The molecule has 2 saturated carbocycles. The van der Waals surface area contributed by atoms with E-state index in [-0.39, 0.29) is 16.7 Å². The quantitative estimate of drug-likeness (QED) is 0.512. The fraction of sp³-hybridized carbons (Fsp3) is 0.375. The van der Waals surface area contributed by atoms with Gasteiger partial charge in [-0.2, -0.15) is 5.10 Å². The van der Waals surface area contributed by atoms with Crippen molar-refractivity contribution in [1.29, 1.82) is 0 Å². The van der Waals surface area contributed by atoms with Gasteiger partial charge in [-0.05, 0) is 54.5 Å². The first kappa shape index (κ1) is 19.4. The standard InChI is InChI=1S/C24H25N3O2S/c1-23(2)16-11-12-24(23,3)20(13-16)26-27-22-25-21(28)19(30-22)14-17-9-10-18(29-17)15-7-5-4-6-8-15/h4-10,14,16H,11-13H2,1-3H3,(H,25,27,28). The van der Waals surface area contributed by atoms with Gasteiger partial charge in [-0.3, -0.25) is 10.1 Å². The Kier molecular flexibility index (Phi) is 4.51. The number of nitrogens with one attached hydrogen (secondary N) is 1. The van der Waals surface area contributed by atoms with E-state index in [1.165, 1.54) is 30.3 Å². The van der Waals surface area contributed by atoms with Gasteiger partial charge in [0.1, 0.15) is 11.5 Å². The second-order valence-corrected chi connectivity index (χ2v) is 10.1. The number of carbonyl (C=O) groups excluding carboxylic acids is 1. The van der Waals surface area contributed by atoms with Crippen molar-refractivity contribution >= 4 is 34.6 Å². The maximum Gasteiger partial charge on any atom is 0.264 e. The van der Waals surface area contributed by atoms with Gasteiger partial charge >= 0.3 is 0 Å². The summed E-state index contributed by atoms with van der Waals surface area (Å²) >= 11 is 1.30. The number of hydrogen-bond donors (Lipinski definition) is 1. The number of carbonyl (C=O) groups is 1. The molecule has 2 aromatic rings. The molecule has 1 N–H and O–H groups in total. The second-order valence-electron chi connectivity index (χ2n) is 9.08. The monoisotopic (exact) mass is 419 g/mol. The summed E-state index contributed by atoms with van der Waals surface area (Å²) in [6.07, 6.45) is 5.20. The van der Waals surface area contributed by atoms with Crippen molar-refractivity contribution in [2.45, 2.75) is 40.0 Å². The largest absolute Gasteiger partial charge is 0.457 e. The van der Waals surface area contributed by atoms with Gasteiger partial charge in [0.2, 0.25) is 0 Å². The Morgan fingerprint density at radius 1 is 1.13 bits per heavy atom. The molecule has 30 heavy (non-hydrogen) atoms. The summed E-state index contributed by atoms with van der Waals surface area (Å²) < 4.78 is 5.89. The van der Waals surface area contributed by atoms with Crippen molar-refractivity contribution in [1.82, 2.24) is 5.32 Å². The van der Waals surface area contributed by atoms with Gasteiger partial charge in [-0.25, -0.2) is 0 Å². The molecular weight excluding hydrogens is 394 g/mol. The molecule has 2 atom stereocenters. The van der Waals surface area contributed by atoms with Crippen LogP contribution in [0.4, 0.5) is 0 Å². The van der Waals surface area contributed by atoms with E-state index in [0.29, 0.717) is 21.8 Å². The smallest absolute Gasteiger partial charge is 0.264 e. The molecule has 1 aromatic heterocycles. The molecule has 0 radical (unpaired) electrons. The van der Waals surface area contributed by atoms with Gasteiger partial charge in [0.15, 0.2) is 5.17 Å². The van der Waals surface area contributed by atoms with Crippen LogP contribution in [-0.4, -0.2) is 16.8 Å². The van der Waals surface area contributed by atoms with E-state index in [2.05, 4.69) is 36.3 Å². The molecule has 2 unspecified atom stereocenters. The molecule has 0 spiro atoms. The predicted octanol–water partition coefficient (Wildman–Crippen LogP) is 5.71. The van der Waals surface area contributed by atoms with E-state index < -0.39 is 0 Å². The zero-order chi connectivity index (χ0) is 20.9. The number of fused-ring (bicyclic) bond motifs is 2. The fourth-order valence-corrected chi connectivity index (χ4v) is 5.73. The van der Waals surface area contributed by atoms with Crippen molar-refractivity contribution < 1.29 is 9.21 Å². The van der Waals surface area contributed by atoms with Crippen LogP contribution in [0.3, 0.4) is 0 Å². The molecule has 5 nitrogen and oxygen atoms in total. The van der Waals surface area contributed by atoms with E-state index in [0.717, 1.165) is 17.7 Å². The van der Waals surface area contributed by atoms with Crippen molar-refractivity contribution in [3.63, 3.8) is 0 Å². The SMILES string of the molecule is CC12CCC(CC1=NN=C1NC(=O)C(=Cc3ccc(-c4ccccc4)o3)S1)C2(C)C. The van der Waals surface area contributed by atoms with Gasteiger partial charge in [0.05, 0.1) is 4.91 Å². The van der Waals surface area contributed by atoms with Crippen LogP contribution in [-0.2, 0) is 4.79 Å². The number of furan rings is 1. The average Bonchev–Trinajstić information content (AvgIpc) is 3.43. The lowest BCUT2D eigenvalue weighted by atomic mass is 9.70. The average molecular weight is 420 g/mol. The van der Waals surface area contributed by atoms with Gasteiger partial charge in [0.25, 0.3) is 5.91 Å². The highest BCUT2D eigenvalue weighted by atomic mass is 32.2. The van der Waals surface area contributed by atoms with Crippen LogP contribution in [0.25, 0.3) is 17.4 Å². The van der Waals surface area contributed by atoms with Crippen LogP contribution in [0.15, 0.2) is 62.0 Å². The first-order valence-corrected chi connectivity index (χ1v) is 11.2.